The Hall–Kier alpha value is -2.53. The van der Waals surface area contributed by atoms with Crippen LogP contribution in [0.1, 0.15) is 40.2 Å². The first kappa shape index (κ1) is 18.5. The van der Waals surface area contributed by atoms with Gasteiger partial charge in [-0.2, -0.15) is 0 Å². The summed E-state index contributed by atoms with van der Waals surface area (Å²) in [6.07, 6.45) is 2.35. The van der Waals surface area contributed by atoms with Gasteiger partial charge in [0.25, 0.3) is 5.91 Å². The van der Waals surface area contributed by atoms with Crippen molar-refractivity contribution in [3.05, 3.63) is 59.2 Å². The molecule has 0 radical (unpaired) electrons. The van der Waals surface area contributed by atoms with E-state index in [9.17, 15) is 9.90 Å². The van der Waals surface area contributed by atoms with Gasteiger partial charge in [0.15, 0.2) is 0 Å². The molecule has 0 aliphatic carbocycles. The standard InChI is InChI=1S/C24H28N2O3/c1-15-13-18(5-8-21(15)27)24(28)26-14-20(16-3-6-19(29-2)7-4-16)23-22(26)17-9-11-25(23)12-10-17/h3-8,13,17,20,22-23,27H,9-12,14H2,1-2H3/t20-,22+,23+/m1/s1. The topological polar surface area (TPSA) is 53.0 Å². The molecule has 4 saturated heterocycles. The third-order valence-corrected chi connectivity index (χ3v) is 7.24. The van der Waals surface area contributed by atoms with E-state index in [0.29, 0.717) is 23.4 Å². The number of aryl methyl sites for hydroxylation is 1. The first-order chi connectivity index (χ1) is 14.1. The van der Waals surface area contributed by atoms with Gasteiger partial charge in [-0.1, -0.05) is 12.1 Å². The molecule has 2 aromatic rings. The van der Waals surface area contributed by atoms with E-state index in [1.54, 1.807) is 19.2 Å². The Labute approximate surface area is 171 Å². The van der Waals surface area contributed by atoms with E-state index in [-0.39, 0.29) is 17.7 Å². The quantitative estimate of drug-likeness (QED) is 0.870. The van der Waals surface area contributed by atoms with Crippen LogP contribution in [0.3, 0.4) is 0 Å². The SMILES string of the molecule is COc1ccc([C@H]2CN(C(=O)c3ccc(O)c(C)c3)[C@H]3C4CCN(CC4)[C@@H]23)cc1. The molecule has 1 N–H and O–H groups in total. The average molecular weight is 392 g/mol. The molecule has 152 valence electrons. The van der Waals surface area contributed by atoms with Crippen molar-refractivity contribution < 1.29 is 14.6 Å². The zero-order chi connectivity index (χ0) is 20.1. The lowest BCUT2D eigenvalue weighted by Crippen LogP contribution is -2.60. The van der Waals surface area contributed by atoms with Gasteiger partial charge in [0.05, 0.1) is 13.2 Å². The molecule has 29 heavy (non-hydrogen) atoms. The van der Waals surface area contributed by atoms with Gasteiger partial charge in [-0.25, -0.2) is 0 Å². The Morgan fingerprint density at radius 2 is 1.79 bits per heavy atom. The van der Waals surface area contributed by atoms with Crippen molar-refractivity contribution in [2.75, 3.05) is 26.7 Å². The normalized spacial score (nSPS) is 30.3. The van der Waals surface area contributed by atoms with Crippen molar-refractivity contribution in [2.45, 2.75) is 37.8 Å². The van der Waals surface area contributed by atoms with Crippen molar-refractivity contribution >= 4 is 5.91 Å². The van der Waals surface area contributed by atoms with E-state index in [0.717, 1.165) is 30.9 Å². The number of rotatable bonds is 3. The highest BCUT2D eigenvalue weighted by atomic mass is 16.5. The molecular formula is C24H28N2O3. The van der Waals surface area contributed by atoms with Crippen LogP contribution in [0.15, 0.2) is 42.5 Å². The smallest absolute Gasteiger partial charge is 0.254 e. The molecule has 4 fully saturated rings. The number of carbonyl (C=O) groups excluding carboxylic acids is 1. The number of benzene rings is 2. The fourth-order valence-corrected chi connectivity index (χ4v) is 5.75. The molecular weight excluding hydrogens is 364 g/mol. The minimum absolute atomic E-state index is 0.0906. The lowest BCUT2D eigenvalue weighted by atomic mass is 9.75. The second-order valence-corrected chi connectivity index (χ2v) is 8.69. The Kier molecular flexibility index (Phi) is 4.50. The first-order valence-corrected chi connectivity index (χ1v) is 10.6. The van der Waals surface area contributed by atoms with Crippen LogP contribution in [0.25, 0.3) is 0 Å². The lowest BCUT2D eigenvalue weighted by molar-refractivity contribution is -0.00341. The van der Waals surface area contributed by atoms with Gasteiger partial charge in [-0.05, 0) is 80.2 Å². The molecule has 1 amide bonds. The van der Waals surface area contributed by atoms with Gasteiger partial charge in [-0.3, -0.25) is 9.69 Å². The van der Waals surface area contributed by atoms with E-state index in [4.69, 9.17) is 4.74 Å². The van der Waals surface area contributed by atoms with Gasteiger partial charge in [0.2, 0.25) is 0 Å². The summed E-state index contributed by atoms with van der Waals surface area (Å²) in [4.78, 5) is 18.3. The molecule has 3 atom stereocenters. The van der Waals surface area contributed by atoms with Gasteiger partial charge >= 0.3 is 0 Å². The zero-order valence-electron chi connectivity index (χ0n) is 17.0. The van der Waals surface area contributed by atoms with Gasteiger partial charge in [-0.15, -0.1) is 0 Å². The Balaban J connectivity index is 1.50. The van der Waals surface area contributed by atoms with Crippen LogP contribution in [0.4, 0.5) is 0 Å². The molecule has 0 spiro atoms. The maximum Gasteiger partial charge on any atom is 0.254 e. The summed E-state index contributed by atoms with van der Waals surface area (Å²) >= 11 is 0. The molecule has 2 bridgehead atoms. The van der Waals surface area contributed by atoms with Gasteiger partial charge in [0.1, 0.15) is 11.5 Å². The summed E-state index contributed by atoms with van der Waals surface area (Å²) in [5, 5.41) is 9.86. The molecule has 0 unspecified atom stereocenters. The predicted molar refractivity (Wildman–Crippen MR) is 111 cm³/mol. The Morgan fingerprint density at radius 1 is 1.07 bits per heavy atom. The molecule has 0 aromatic heterocycles. The van der Waals surface area contributed by atoms with Crippen molar-refractivity contribution in [3.63, 3.8) is 0 Å². The van der Waals surface area contributed by atoms with Crippen molar-refractivity contribution in [1.29, 1.82) is 0 Å². The third kappa shape index (κ3) is 2.99. The summed E-state index contributed by atoms with van der Waals surface area (Å²) < 4.78 is 5.33. The number of phenolic OH excluding ortho intramolecular Hbond substituents is 1. The van der Waals surface area contributed by atoms with E-state index >= 15 is 0 Å². The van der Waals surface area contributed by atoms with Crippen LogP contribution in [0.2, 0.25) is 0 Å². The number of methoxy groups -OCH3 is 1. The highest BCUT2D eigenvalue weighted by molar-refractivity contribution is 5.95. The van der Waals surface area contributed by atoms with E-state index in [1.165, 1.54) is 18.4 Å². The minimum atomic E-state index is 0.0906. The Morgan fingerprint density at radius 3 is 2.45 bits per heavy atom. The summed E-state index contributed by atoms with van der Waals surface area (Å²) in [7, 11) is 1.69. The maximum atomic E-state index is 13.5. The fourth-order valence-electron chi connectivity index (χ4n) is 5.75. The monoisotopic (exact) mass is 392 g/mol. The van der Waals surface area contributed by atoms with Gasteiger partial charge < -0.3 is 14.7 Å². The number of amides is 1. The number of ether oxygens (including phenoxy) is 1. The fraction of sp³-hybridized carbons (Fsp3) is 0.458. The number of aromatic hydroxyl groups is 1. The van der Waals surface area contributed by atoms with E-state index in [1.807, 2.05) is 25.1 Å². The molecule has 4 aliphatic rings. The number of hydrogen-bond donors (Lipinski definition) is 1. The number of fused-ring (bicyclic) bond motifs is 2. The number of nitrogens with zero attached hydrogens (tertiary/aromatic N) is 2. The average Bonchev–Trinajstić information content (AvgIpc) is 3.19. The molecule has 2 aromatic carbocycles. The molecule has 5 heteroatoms. The minimum Gasteiger partial charge on any atom is -0.508 e. The van der Waals surface area contributed by atoms with E-state index in [2.05, 4.69) is 21.9 Å². The highest BCUT2D eigenvalue weighted by Crippen LogP contribution is 2.47. The van der Waals surface area contributed by atoms with Crippen LogP contribution in [0, 0.1) is 12.8 Å². The molecule has 5 nitrogen and oxygen atoms in total. The molecule has 4 heterocycles. The number of carbonyl (C=O) groups is 1. The predicted octanol–water partition coefficient (Wildman–Crippen LogP) is 3.41. The lowest BCUT2D eigenvalue weighted by Gasteiger charge is -2.51. The van der Waals surface area contributed by atoms with Crippen LogP contribution in [-0.4, -0.2) is 59.6 Å². The van der Waals surface area contributed by atoms with Gasteiger partial charge in [0, 0.05) is 24.1 Å². The van der Waals surface area contributed by atoms with E-state index < -0.39 is 0 Å². The number of piperidine rings is 3. The van der Waals surface area contributed by atoms with Crippen molar-refractivity contribution in [3.8, 4) is 11.5 Å². The first-order valence-electron chi connectivity index (χ1n) is 10.6. The van der Waals surface area contributed by atoms with Crippen LogP contribution in [0.5, 0.6) is 11.5 Å². The highest BCUT2D eigenvalue weighted by Gasteiger charge is 2.54. The van der Waals surface area contributed by atoms with Crippen molar-refractivity contribution in [1.82, 2.24) is 9.80 Å². The zero-order valence-corrected chi connectivity index (χ0v) is 17.0. The van der Waals surface area contributed by atoms with Crippen LogP contribution >= 0.6 is 0 Å². The molecule has 6 rings (SSSR count). The largest absolute Gasteiger partial charge is 0.508 e. The van der Waals surface area contributed by atoms with Crippen LogP contribution in [-0.2, 0) is 0 Å². The Bertz CT molecular complexity index is 918. The second-order valence-electron chi connectivity index (χ2n) is 8.69. The summed E-state index contributed by atoms with van der Waals surface area (Å²) in [6, 6.07) is 14.2. The molecule has 4 aliphatic heterocycles. The summed E-state index contributed by atoms with van der Waals surface area (Å²) in [5.74, 6) is 2.08. The second kappa shape index (κ2) is 7.06. The number of likely N-dealkylation sites (tertiary alicyclic amines) is 1. The molecule has 0 saturated carbocycles. The summed E-state index contributed by atoms with van der Waals surface area (Å²) in [6.45, 7) is 4.86. The third-order valence-electron chi connectivity index (χ3n) is 7.24. The van der Waals surface area contributed by atoms with Crippen molar-refractivity contribution in [2.24, 2.45) is 5.92 Å². The number of phenols is 1. The summed E-state index contributed by atoms with van der Waals surface area (Å²) in [5.41, 5.74) is 2.70. The van der Waals surface area contributed by atoms with Crippen LogP contribution < -0.4 is 4.74 Å². The maximum absolute atomic E-state index is 13.5. The number of hydrogen-bond acceptors (Lipinski definition) is 4.